The number of hydrogen-bond donors (Lipinski definition) is 0. The molecule has 0 aliphatic rings. The predicted molar refractivity (Wildman–Crippen MR) is 25.6 cm³/mol. The van der Waals surface area contributed by atoms with Crippen molar-refractivity contribution in [2.24, 2.45) is 0 Å². The summed E-state index contributed by atoms with van der Waals surface area (Å²) in [7, 11) is 0. The molecule has 4 heteroatoms. The Balaban J connectivity index is 0. The van der Waals surface area contributed by atoms with Crippen molar-refractivity contribution in [3.05, 3.63) is 0 Å². The van der Waals surface area contributed by atoms with E-state index in [2.05, 4.69) is 0 Å². The van der Waals surface area contributed by atoms with Crippen molar-refractivity contribution < 1.29 is 49.4 Å². The fraction of sp³-hybridized carbons (Fsp3) is 0. The standard InChI is InChI=1S/Eu.3Sn.6H. The molecule has 0 aromatic rings. The summed E-state index contributed by atoms with van der Waals surface area (Å²) in [4.78, 5) is 0. The van der Waals surface area contributed by atoms with Gasteiger partial charge in [-0.3, -0.25) is 0 Å². The molecular weight excluding hydrogens is 508 g/mol. The van der Waals surface area contributed by atoms with Crippen molar-refractivity contribution in [1.29, 1.82) is 0 Å². The van der Waals surface area contributed by atoms with Crippen molar-refractivity contribution in [1.82, 2.24) is 0 Å². The van der Waals surface area contributed by atoms with Crippen molar-refractivity contribution in [2.75, 3.05) is 0 Å². The molecule has 0 N–H and O–H groups in total. The topological polar surface area (TPSA) is 0 Å². The average Bonchev–Trinajstić information content (AvgIpc) is 0. The summed E-state index contributed by atoms with van der Waals surface area (Å²) in [6.45, 7) is 0. The summed E-state index contributed by atoms with van der Waals surface area (Å²) in [5, 5.41) is 0. The van der Waals surface area contributed by atoms with E-state index < -0.39 is 0 Å². The van der Waals surface area contributed by atoms with Gasteiger partial charge in [0.05, 0.1) is 0 Å². The normalized spacial score (nSPS) is 0. The fourth-order valence-corrected chi connectivity index (χ4v) is 0. The number of hydrogen-bond acceptors (Lipinski definition) is 0. The Kier molecular flexibility index (Phi) is 96.7. The molecule has 0 bridgehead atoms. The third-order valence-corrected chi connectivity index (χ3v) is 0. The van der Waals surface area contributed by atoms with Crippen LogP contribution >= 0.6 is 0 Å². The van der Waals surface area contributed by atoms with Crippen LogP contribution in [0.1, 0.15) is 0 Å². The Labute approximate surface area is 118 Å². The van der Waals surface area contributed by atoms with Crippen LogP contribution in [-0.2, 0) is 0 Å². The quantitative estimate of drug-likeness (QED) is 0.308. The molecule has 0 heterocycles. The first-order valence-corrected chi connectivity index (χ1v) is 0. The average molecular weight is 514 g/mol. The van der Waals surface area contributed by atoms with E-state index in [0.717, 1.165) is 0 Å². The molecule has 0 nitrogen and oxygen atoms in total. The van der Waals surface area contributed by atoms with Gasteiger partial charge in [-0.1, -0.05) is 0 Å². The fourth-order valence-electron chi connectivity index (χ4n) is 0. The maximum absolute atomic E-state index is 0. The van der Waals surface area contributed by atoms with E-state index >= 15 is 0 Å². The van der Waals surface area contributed by atoms with Crippen LogP contribution in [0.3, 0.4) is 0 Å². The van der Waals surface area contributed by atoms with Crippen molar-refractivity contribution in [3.63, 3.8) is 0 Å². The van der Waals surface area contributed by atoms with Crippen LogP contribution in [0.4, 0.5) is 0 Å². The van der Waals surface area contributed by atoms with Crippen LogP contribution in [0.15, 0.2) is 0 Å². The zero-order valence-corrected chi connectivity index (χ0v) is 17.0. The van der Waals surface area contributed by atoms with Crippen LogP contribution in [0.5, 0.6) is 0 Å². The van der Waals surface area contributed by atoms with E-state index in [4.69, 9.17) is 0 Å². The van der Waals surface area contributed by atoms with Crippen LogP contribution in [0.2, 0.25) is 0 Å². The van der Waals surface area contributed by atoms with E-state index in [-0.39, 0.29) is 121 Å². The van der Waals surface area contributed by atoms with E-state index in [0.29, 0.717) is 0 Å². The van der Waals surface area contributed by atoms with Crippen molar-refractivity contribution in [2.45, 2.75) is 0 Å². The monoisotopic (exact) mass is 519 g/mol. The van der Waals surface area contributed by atoms with Crippen molar-refractivity contribution >= 4 is 71.7 Å². The van der Waals surface area contributed by atoms with Gasteiger partial charge in [-0.05, 0) is 0 Å². The molecule has 0 rings (SSSR count). The van der Waals surface area contributed by atoms with Gasteiger partial charge >= 0.3 is 71.7 Å². The Bertz CT molecular complexity index is 3.25. The molecular formula is H6EuSn3. The molecule has 0 saturated heterocycles. The third kappa shape index (κ3) is 9.36. The first-order valence-electron chi connectivity index (χ1n) is 0. The van der Waals surface area contributed by atoms with Crippen LogP contribution in [-0.4, -0.2) is 71.7 Å². The van der Waals surface area contributed by atoms with Gasteiger partial charge in [0.1, 0.15) is 0 Å². The Morgan fingerprint density at radius 3 is 0.500 bits per heavy atom. The Morgan fingerprint density at radius 1 is 0.500 bits per heavy atom. The molecule has 0 atom stereocenters. The summed E-state index contributed by atoms with van der Waals surface area (Å²) < 4.78 is 0. The molecule has 0 aliphatic carbocycles. The number of rotatable bonds is 0. The molecule has 0 unspecified atom stereocenters. The zero-order chi connectivity index (χ0) is 0. The summed E-state index contributed by atoms with van der Waals surface area (Å²) in [6.07, 6.45) is 0. The van der Waals surface area contributed by atoms with Gasteiger partial charge in [-0.25, -0.2) is 0 Å². The Morgan fingerprint density at radius 2 is 0.500 bits per heavy atom. The van der Waals surface area contributed by atoms with E-state index in [1.165, 1.54) is 0 Å². The summed E-state index contributed by atoms with van der Waals surface area (Å²) in [5.74, 6) is 0. The summed E-state index contributed by atoms with van der Waals surface area (Å²) >= 11 is 0. The molecule has 0 aliphatic heterocycles. The molecule has 0 spiro atoms. The van der Waals surface area contributed by atoms with Crippen LogP contribution in [0, 0.1) is 49.4 Å². The zero-order valence-electron chi connectivity index (χ0n) is 2.50. The SMILES string of the molecule is [Eu].[SnH2].[SnH2].[SnH2]. The first kappa shape index (κ1) is 24.5. The summed E-state index contributed by atoms with van der Waals surface area (Å²) in [6, 6.07) is 0. The van der Waals surface area contributed by atoms with Gasteiger partial charge in [0.2, 0.25) is 0 Å². The molecule has 0 amide bonds. The van der Waals surface area contributed by atoms with Gasteiger partial charge in [0.25, 0.3) is 0 Å². The second-order valence-electron chi connectivity index (χ2n) is 0. The molecule has 0 saturated carbocycles. The van der Waals surface area contributed by atoms with Crippen LogP contribution < -0.4 is 0 Å². The minimum atomic E-state index is 0. The van der Waals surface area contributed by atoms with Gasteiger partial charge in [0, 0.05) is 49.4 Å². The molecule has 7 radical (unpaired) electrons. The van der Waals surface area contributed by atoms with Crippen LogP contribution in [0.25, 0.3) is 0 Å². The van der Waals surface area contributed by atoms with Gasteiger partial charge in [-0.15, -0.1) is 0 Å². The third-order valence-electron chi connectivity index (χ3n) is 0. The van der Waals surface area contributed by atoms with Gasteiger partial charge < -0.3 is 0 Å². The maximum atomic E-state index is 0. The van der Waals surface area contributed by atoms with E-state index in [9.17, 15) is 0 Å². The van der Waals surface area contributed by atoms with E-state index in [1.807, 2.05) is 0 Å². The molecule has 0 fully saturated rings. The molecule has 0 aromatic heterocycles. The molecule has 4 heavy (non-hydrogen) atoms. The van der Waals surface area contributed by atoms with Crippen molar-refractivity contribution in [3.8, 4) is 0 Å². The van der Waals surface area contributed by atoms with E-state index in [1.54, 1.807) is 0 Å². The second-order valence-corrected chi connectivity index (χ2v) is 0. The molecule has 0 aromatic carbocycles. The Hall–Kier alpha value is 3.98. The minimum absolute atomic E-state index is 0. The van der Waals surface area contributed by atoms with Gasteiger partial charge in [-0.2, -0.15) is 0 Å². The predicted octanol–water partition coefficient (Wildman–Crippen LogP) is -2.75. The second kappa shape index (κ2) is 15.8. The summed E-state index contributed by atoms with van der Waals surface area (Å²) in [5.41, 5.74) is 0. The van der Waals surface area contributed by atoms with Gasteiger partial charge in [0.15, 0.2) is 0 Å². The molecule has 25 valence electrons. The first-order chi connectivity index (χ1) is 0.